The zero-order chi connectivity index (χ0) is 26.5. The van der Waals surface area contributed by atoms with E-state index in [2.05, 4.69) is 14.6 Å². The number of nitrogens with zero attached hydrogens (tertiary/aromatic N) is 5. The van der Waals surface area contributed by atoms with E-state index in [0.29, 0.717) is 5.69 Å². The first kappa shape index (κ1) is 25.7. The fourth-order valence-electron chi connectivity index (χ4n) is 3.20. The topological polar surface area (TPSA) is 97.5 Å². The van der Waals surface area contributed by atoms with Crippen LogP contribution in [-0.2, 0) is 27.2 Å². The standard InChI is InChI=1S/C20H13F6N5O3S2/c1-11-2-4-12(5-3-11)30-15(32)10-35-18(30)29-36(33,34)14-8-6-13(7-9-14)31-16(19(21,22)23)27-28-17(31)20(24,25)26/h2-9H,10H2,1H3/b29-18-. The number of carbonyl (C=O) groups is 1. The third kappa shape index (κ3) is 4.95. The Morgan fingerprint density at radius 3 is 1.86 bits per heavy atom. The predicted molar refractivity (Wildman–Crippen MR) is 117 cm³/mol. The SMILES string of the molecule is Cc1ccc(N2C(=O)CS/C2=N\S(=O)(=O)c2ccc(-n3c(C(F)(F)F)nnc3C(F)(F)F)cc2)cc1. The Labute approximate surface area is 203 Å². The zero-order valence-corrected chi connectivity index (χ0v) is 19.5. The summed E-state index contributed by atoms with van der Waals surface area (Å²) in [5.41, 5.74) is 0.615. The van der Waals surface area contributed by atoms with Crippen molar-refractivity contribution in [2.24, 2.45) is 4.40 Å². The van der Waals surface area contributed by atoms with Gasteiger partial charge in [0.15, 0.2) is 5.17 Å². The molecule has 1 saturated heterocycles. The van der Waals surface area contributed by atoms with Crippen LogP contribution in [0, 0.1) is 6.92 Å². The third-order valence-corrected chi connectivity index (χ3v) is 7.14. The van der Waals surface area contributed by atoms with E-state index >= 15 is 0 Å². The Kier molecular flexibility index (Phi) is 6.36. The Balaban J connectivity index is 1.71. The maximum absolute atomic E-state index is 13.2. The van der Waals surface area contributed by atoms with E-state index in [4.69, 9.17) is 0 Å². The van der Waals surface area contributed by atoms with Crippen LogP contribution in [0.4, 0.5) is 32.0 Å². The number of amidine groups is 1. The van der Waals surface area contributed by atoms with Gasteiger partial charge in [0, 0.05) is 5.69 Å². The van der Waals surface area contributed by atoms with Gasteiger partial charge in [0.05, 0.1) is 16.3 Å². The molecule has 190 valence electrons. The number of amides is 1. The van der Waals surface area contributed by atoms with Crippen LogP contribution in [0.1, 0.15) is 17.2 Å². The molecule has 0 unspecified atom stereocenters. The van der Waals surface area contributed by atoms with Crippen molar-refractivity contribution in [1.82, 2.24) is 14.8 Å². The fourth-order valence-corrected chi connectivity index (χ4v) is 5.29. The Hall–Kier alpha value is -3.40. The predicted octanol–water partition coefficient (Wildman–Crippen LogP) is 4.44. The van der Waals surface area contributed by atoms with Gasteiger partial charge in [0.2, 0.25) is 17.6 Å². The molecule has 2 aromatic carbocycles. The number of hydrogen-bond donors (Lipinski definition) is 0. The number of sulfonamides is 1. The van der Waals surface area contributed by atoms with Gasteiger partial charge in [-0.1, -0.05) is 29.5 Å². The average Bonchev–Trinajstić information content (AvgIpc) is 3.39. The minimum absolute atomic E-state index is 0.0742. The molecule has 0 bridgehead atoms. The Morgan fingerprint density at radius 1 is 0.861 bits per heavy atom. The molecule has 3 aromatic rings. The van der Waals surface area contributed by atoms with Crippen LogP contribution in [0.25, 0.3) is 5.69 Å². The van der Waals surface area contributed by atoms with E-state index in [1.807, 2.05) is 6.92 Å². The number of thioether (sulfide) groups is 1. The normalized spacial score (nSPS) is 16.2. The first-order valence-corrected chi connectivity index (χ1v) is 12.2. The number of aryl methyl sites for hydroxylation is 1. The highest BCUT2D eigenvalue weighted by Crippen LogP contribution is 2.36. The number of anilines is 1. The van der Waals surface area contributed by atoms with E-state index < -0.39 is 50.5 Å². The molecular weight excluding hydrogens is 536 g/mol. The lowest BCUT2D eigenvalue weighted by atomic mass is 10.2. The molecule has 16 heteroatoms. The maximum Gasteiger partial charge on any atom is 0.452 e. The quantitative estimate of drug-likeness (QED) is 0.447. The van der Waals surface area contributed by atoms with Gasteiger partial charge in [-0.2, -0.15) is 34.8 Å². The summed E-state index contributed by atoms with van der Waals surface area (Å²) < 4.78 is 108. The molecular formula is C20H13F6N5O3S2. The maximum atomic E-state index is 13.2. The molecule has 8 nitrogen and oxygen atoms in total. The van der Waals surface area contributed by atoms with Crippen LogP contribution in [0.2, 0.25) is 0 Å². The van der Waals surface area contributed by atoms with Crippen LogP contribution in [0.5, 0.6) is 0 Å². The monoisotopic (exact) mass is 549 g/mol. The van der Waals surface area contributed by atoms with Crippen molar-refractivity contribution < 1.29 is 39.6 Å². The molecule has 0 saturated carbocycles. The van der Waals surface area contributed by atoms with Gasteiger partial charge in [-0.25, -0.2) is 0 Å². The van der Waals surface area contributed by atoms with Gasteiger partial charge in [0.1, 0.15) is 0 Å². The van der Waals surface area contributed by atoms with E-state index in [1.54, 1.807) is 24.3 Å². The molecule has 2 heterocycles. The van der Waals surface area contributed by atoms with Crippen molar-refractivity contribution in [3.8, 4) is 5.69 Å². The molecule has 4 rings (SSSR count). The van der Waals surface area contributed by atoms with E-state index in [9.17, 15) is 39.6 Å². The summed E-state index contributed by atoms with van der Waals surface area (Å²) in [5, 5.41) is 5.07. The van der Waals surface area contributed by atoms with E-state index in [-0.39, 0.29) is 15.5 Å². The second kappa shape index (κ2) is 8.92. The molecule has 1 aliphatic rings. The van der Waals surface area contributed by atoms with Crippen molar-refractivity contribution >= 4 is 38.5 Å². The van der Waals surface area contributed by atoms with Crippen LogP contribution in [0.3, 0.4) is 0 Å². The number of hydrogen-bond acceptors (Lipinski definition) is 6. The highest BCUT2D eigenvalue weighted by Gasteiger charge is 2.45. The first-order valence-electron chi connectivity index (χ1n) is 9.76. The summed E-state index contributed by atoms with van der Waals surface area (Å²) in [7, 11) is -4.49. The number of halogens is 6. The van der Waals surface area contributed by atoms with Gasteiger partial charge >= 0.3 is 12.4 Å². The van der Waals surface area contributed by atoms with Crippen molar-refractivity contribution in [1.29, 1.82) is 0 Å². The number of rotatable bonds is 4. The number of benzene rings is 2. The molecule has 1 fully saturated rings. The van der Waals surface area contributed by atoms with Crippen molar-refractivity contribution in [3.63, 3.8) is 0 Å². The Morgan fingerprint density at radius 2 is 1.36 bits per heavy atom. The van der Waals surface area contributed by atoms with Crippen LogP contribution in [0.15, 0.2) is 57.8 Å². The van der Waals surface area contributed by atoms with Gasteiger partial charge < -0.3 is 0 Å². The van der Waals surface area contributed by atoms with Crippen molar-refractivity contribution in [2.75, 3.05) is 10.7 Å². The minimum Gasteiger partial charge on any atom is -0.273 e. The second-order valence-corrected chi connectivity index (χ2v) is 9.92. The molecule has 1 aliphatic heterocycles. The van der Waals surface area contributed by atoms with Gasteiger partial charge in [-0.15, -0.1) is 14.6 Å². The van der Waals surface area contributed by atoms with Gasteiger partial charge in [-0.05, 0) is 43.3 Å². The summed E-state index contributed by atoms with van der Waals surface area (Å²) in [6, 6.07) is 9.71. The molecule has 0 spiro atoms. The summed E-state index contributed by atoms with van der Waals surface area (Å²) in [6.45, 7) is 1.82. The van der Waals surface area contributed by atoms with Crippen LogP contribution in [-0.4, -0.2) is 40.0 Å². The second-order valence-electron chi connectivity index (χ2n) is 7.37. The smallest absolute Gasteiger partial charge is 0.273 e. The molecule has 36 heavy (non-hydrogen) atoms. The van der Waals surface area contributed by atoms with Crippen LogP contribution < -0.4 is 4.90 Å². The zero-order valence-electron chi connectivity index (χ0n) is 17.9. The van der Waals surface area contributed by atoms with Gasteiger partial charge in [0.25, 0.3) is 10.0 Å². The highest BCUT2D eigenvalue weighted by atomic mass is 32.2. The van der Waals surface area contributed by atoms with E-state index in [0.717, 1.165) is 46.5 Å². The highest BCUT2D eigenvalue weighted by molar-refractivity contribution is 8.16. The van der Waals surface area contributed by atoms with Gasteiger partial charge in [-0.3, -0.25) is 14.3 Å². The average molecular weight is 549 g/mol. The molecule has 0 N–H and O–H groups in total. The molecule has 0 radical (unpaired) electrons. The number of alkyl halides is 6. The number of carbonyl (C=O) groups excluding carboxylic acids is 1. The number of aromatic nitrogens is 3. The third-order valence-electron chi connectivity index (χ3n) is 4.82. The lowest BCUT2D eigenvalue weighted by Crippen LogP contribution is -2.29. The van der Waals surface area contributed by atoms with E-state index in [1.165, 1.54) is 0 Å². The molecule has 0 atom stereocenters. The van der Waals surface area contributed by atoms with Crippen LogP contribution >= 0.6 is 11.8 Å². The minimum atomic E-state index is -5.26. The summed E-state index contributed by atoms with van der Waals surface area (Å²) in [4.78, 5) is 12.9. The fraction of sp³-hybridized carbons (Fsp3) is 0.200. The lowest BCUT2D eigenvalue weighted by Gasteiger charge is -2.16. The Bertz CT molecular complexity index is 1420. The molecule has 1 amide bonds. The van der Waals surface area contributed by atoms with Crippen molar-refractivity contribution in [3.05, 3.63) is 65.7 Å². The molecule has 0 aliphatic carbocycles. The summed E-state index contributed by atoms with van der Waals surface area (Å²) >= 11 is 0.866. The van der Waals surface area contributed by atoms with Crippen molar-refractivity contribution in [2.45, 2.75) is 24.2 Å². The summed E-state index contributed by atoms with van der Waals surface area (Å²) in [5.74, 6) is -4.35. The first-order chi connectivity index (χ1) is 16.7. The lowest BCUT2D eigenvalue weighted by molar-refractivity contribution is -0.153. The largest absolute Gasteiger partial charge is 0.452 e. The molecule has 1 aromatic heterocycles. The summed E-state index contributed by atoms with van der Waals surface area (Å²) in [6.07, 6.45) is -10.5.